The van der Waals surface area contributed by atoms with Crippen LogP contribution >= 0.6 is 0 Å². The molecule has 1 N–H and O–H groups in total. The van der Waals surface area contributed by atoms with E-state index in [0.717, 1.165) is 6.42 Å². The normalized spacial score (nSPS) is 23.1. The molecule has 1 amide bonds. The van der Waals surface area contributed by atoms with Crippen molar-refractivity contribution in [1.82, 2.24) is 10.2 Å². The Morgan fingerprint density at radius 1 is 1.53 bits per heavy atom. The maximum Gasteiger partial charge on any atom is 0.239 e. The molecule has 1 heterocycles. The van der Waals surface area contributed by atoms with Crippen LogP contribution in [-0.4, -0.2) is 55.0 Å². The molecule has 0 spiro atoms. The van der Waals surface area contributed by atoms with Crippen molar-refractivity contribution < 1.29 is 14.3 Å². The van der Waals surface area contributed by atoms with Gasteiger partial charge in [-0.25, -0.2) is 0 Å². The van der Waals surface area contributed by atoms with Crippen LogP contribution in [0.2, 0.25) is 0 Å². The summed E-state index contributed by atoms with van der Waals surface area (Å²) >= 11 is 0. The van der Waals surface area contributed by atoms with Crippen molar-refractivity contribution in [2.45, 2.75) is 39.3 Å². The lowest BCUT2D eigenvalue weighted by atomic mass is 10.1. The van der Waals surface area contributed by atoms with E-state index in [2.05, 4.69) is 5.32 Å². The Morgan fingerprint density at radius 2 is 2.24 bits per heavy atom. The van der Waals surface area contributed by atoms with Gasteiger partial charge in [0.15, 0.2) is 0 Å². The Labute approximate surface area is 102 Å². The summed E-state index contributed by atoms with van der Waals surface area (Å²) in [6.07, 6.45) is 0.904. The largest absolute Gasteiger partial charge is 0.378 e. The van der Waals surface area contributed by atoms with E-state index in [-0.39, 0.29) is 23.8 Å². The lowest BCUT2D eigenvalue weighted by Gasteiger charge is -2.37. The van der Waals surface area contributed by atoms with Crippen LogP contribution in [0, 0.1) is 0 Å². The number of ketones is 1. The van der Waals surface area contributed by atoms with E-state index in [0.29, 0.717) is 26.3 Å². The van der Waals surface area contributed by atoms with E-state index in [1.54, 1.807) is 6.92 Å². The zero-order valence-electron chi connectivity index (χ0n) is 10.9. The molecule has 0 bridgehead atoms. The molecule has 1 aliphatic heterocycles. The van der Waals surface area contributed by atoms with Crippen LogP contribution in [0.4, 0.5) is 0 Å². The highest BCUT2D eigenvalue weighted by molar-refractivity contribution is 5.85. The van der Waals surface area contributed by atoms with Crippen molar-refractivity contribution in [2.24, 2.45) is 0 Å². The molecule has 98 valence electrons. The van der Waals surface area contributed by atoms with Gasteiger partial charge in [0.1, 0.15) is 11.8 Å². The van der Waals surface area contributed by atoms with Crippen LogP contribution in [-0.2, 0) is 14.3 Å². The summed E-state index contributed by atoms with van der Waals surface area (Å²) in [6.45, 7) is 7.65. The summed E-state index contributed by atoms with van der Waals surface area (Å²) in [7, 11) is 0. The number of hydrogen-bond acceptors (Lipinski definition) is 4. The molecule has 0 radical (unpaired) electrons. The van der Waals surface area contributed by atoms with E-state index in [9.17, 15) is 9.59 Å². The van der Waals surface area contributed by atoms with Gasteiger partial charge in [-0.3, -0.25) is 14.5 Å². The highest BCUT2D eigenvalue weighted by atomic mass is 16.5. The average Bonchev–Trinajstić information content (AvgIpc) is 2.34. The van der Waals surface area contributed by atoms with Gasteiger partial charge in [0.05, 0.1) is 19.3 Å². The quantitative estimate of drug-likeness (QED) is 0.748. The SMILES string of the molecule is CCCNC(=O)C1COCCN1C(C)C(C)=O. The number of carbonyl (C=O) groups is 2. The molecule has 17 heavy (non-hydrogen) atoms. The van der Waals surface area contributed by atoms with Gasteiger partial charge in [0.2, 0.25) is 5.91 Å². The minimum atomic E-state index is -0.339. The zero-order valence-corrected chi connectivity index (χ0v) is 10.9. The molecule has 0 aromatic rings. The predicted octanol–water partition coefficient (Wildman–Crippen LogP) is 0.191. The highest BCUT2D eigenvalue weighted by Gasteiger charge is 2.33. The number of nitrogens with one attached hydrogen (secondary N) is 1. The van der Waals surface area contributed by atoms with Crippen LogP contribution in [0.5, 0.6) is 0 Å². The number of nitrogens with zero attached hydrogens (tertiary/aromatic N) is 1. The Hall–Kier alpha value is -0.940. The van der Waals surface area contributed by atoms with Gasteiger partial charge in [-0.1, -0.05) is 6.92 Å². The lowest BCUT2D eigenvalue weighted by Crippen LogP contribution is -2.58. The summed E-state index contributed by atoms with van der Waals surface area (Å²) < 4.78 is 5.33. The van der Waals surface area contributed by atoms with Crippen LogP contribution in [0.3, 0.4) is 0 Å². The van der Waals surface area contributed by atoms with Gasteiger partial charge < -0.3 is 10.1 Å². The summed E-state index contributed by atoms with van der Waals surface area (Å²) in [4.78, 5) is 25.3. The van der Waals surface area contributed by atoms with Gasteiger partial charge >= 0.3 is 0 Å². The second-order valence-corrected chi connectivity index (χ2v) is 4.41. The standard InChI is InChI=1S/C12H22N2O3/c1-4-5-13-12(16)11-8-17-7-6-14(11)9(2)10(3)15/h9,11H,4-8H2,1-3H3,(H,13,16). The minimum Gasteiger partial charge on any atom is -0.378 e. The average molecular weight is 242 g/mol. The number of amides is 1. The molecule has 2 unspecified atom stereocenters. The predicted molar refractivity (Wildman–Crippen MR) is 64.8 cm³/mol. The van der Waals surface area contributed by atoms with Gasteiger partial charge in [-0.15, -0.1) is 0 Å². The van der Waals surface area contributed by atoms with Crippen LogP contribution in [0.1, 0.15) is 27.2 Å². The fourth-order valence-corrected chi connectivity index (χ4v) is 1.91. The van der Waals surface area contributed by atoms with E-state index in [1.807, 2.05) is 18.7 Å². The number of Topliss-reactive ketones (excluding diaryl/α,β-unsaturated/α-hetero) is 1. The minimum absolute atomic E-state index is 0.0420. The maximum absolute atomic E-state index is 12.0. The van der Waals surface area contributed by atoms with E-state index in [4.69, 9.17) is 4.74 Å². The smallest absolute Gasteiger partial charge is 0.239 e. The number of carbonyl (C=O) groups excluding carboxylic acids is 2. The summed E-state index contributed by atoms with van der Waals surface area (Å²) in [6, 6.07) is -0.564. The number of morpholine rings is 1. The van der Waals surface area contributed by atoms with Gasteiger partial charge in [-0.05, 0) is 20.3 Å². The second kappa shape index (κ2) is 6.71. The maximum atomic E-state index is 12.0. The Balaban J connectivity index is 2.65. The van der Waals surface area contributed by atoms with Crippen molar-refractivity contribution in [3.8, 4) is 0 Å². The van der Waals surface area contributed by atoms with E-state index >= 15 is 0 Å². The van der Waals surface area contributed by atoms with E-state index < -0.39 is 0 Å². The molecule has 0 aromatic carbocycles. The third kappa shape index (κ3) is 3.78. The molecule has 0 saturated carbocycles. The first-order valence-corrected chi connectivity index (χ1v) is 6.19. The van der Waals surface area contributed by atoms with Gasteiger partial charge in [0.25, 0.3) is 0 Å². The molecule has 1 aliphatic rings. The molecular weight excluding hydrogens is 220 g/mol. The summed E-state index contributed by atoms with van der Waals surface area (Å²) in [5.41, 5.74) is 0. The van der Waals surface area contributed by atoms with Crippen molar-refractivity contribution in [3.63, 3.8) is 0 Å². The molecule has 5 nitrogen and oxygen atoms in total. The fourth-order valence-electron chi connectivity index (χ4n) is 1.91. The van der Waals surface area contributed by atoms with Gasteiger partial charge in [0, 0.05) is 13.1 Å². The van der Waals surface area contributed by atoms with Gasteiger partial charge in [-0.2, -0.15) is 0 Å². The molecule has 1 saturated heterocycles. The first-order chi connectivity index (χ1) is 8.07. The first kappa shape index (κ1) is 14.1. The molecule has 5 heteroatoms. The van der Waals surface area contributed by atoms with Crippen molar-refractivity contribution in [2.75, 3.05) is 26.3 Å². The van der Waals surface area contributed by atoms with Crippen molar-refractivity contribution in [1.29, 1.82) is 0 Å². The Morgan fingerprint density at radius 3 is 2.82 bits per heavy atom. The third-order valence-electron chi connectivity index (χ3n) is 3.11. The molecule has 2 atom stereocenters. The van der Waals surface area contributed by atoms with Crippen molar-refractivity contribution >= 4 is 11.7 Å². The van der Waals surface area contributed by atoms with Crippen molar-refractivity contribution in [3.05, 3.63) is 0 Å². The molecule has 0 aromatic heterocycles. The monoisotopic (exact) mass is 242 g/mol. The molecular formula is C12H22N2O3. The fraction of sp³-hybridized carbons (Fsp3) is 0.833. The number of rotatable bonds is 5. The first-order valence-electron chi connectivity index (χ1n) is 6.19. The van der Waals surface area contributed by atoms with Crippen LogP contribution < -0.4 is 5.32 Å². The molecule has 1 fully saturated rings. The Kier molecular flexibility index (Phi) is 5.58. The van der Waals surface area contributed by atoms with Crippen LogP contribution in [0.15, 0.2) is 0 Å². The molecule has 1 rings (SSSR count). The van der Waals surface area contributed by atoms with Crippen LogP contribution in [0.25, 0.3) is 0 Å². The highest BCUT2D eigenvalue weighted by Crippen LogP contribution is 2.12. The summed E-state index contributed by atoms with van der Waals surface area (Å²) in [5, 5.41) is 2.85. The topological polar surface area (TPSA) is 58.6 Å². The molecule has 0 aliphatic carbocycles. The second-order valence-electron chi connectivity index (χ2n) is 4.41. The number of ether oxygens (including phenoxy) is 1. The lowest BCUT2D eigenvalue weighted by molar-refractivity contribution is -0.137. The summed E-state index contributed by atoms with van der Waals surface area (Å²) in [5.74, 6) is 0.0415. The number of hydrogen-bond donors (Lipinski definition) is 1. The third-order valence-corrected chi connectivity index (χ3v) is 3.11. The van der Waals surface area contributed by atoms with E-state index in [1.165, 1.54) is 0 Å². The Bertz CT molecular complexity index is 281. The zero-order chi connectivity index (χ0) is 12.8.